The number of aromatic nitrogens is 1. The van der Waals surface area contributed by atoms with E-state index in [0.29, 0.717) is 17.4 Å². The highest BCUT2D eigenvalue weighted by atomic mass is 32.1. The predicted molar refractivity (Wildman–Crippen MR) is 111 cm³/mol. The largest absolute Gasteiger partial charge is 0.445 e. The number of alkyl halides is 3. The summed E-state index contributed by atoms with van der Waals surface area (Å²) in [4.78, 5) is 28.8. The van der Waals surface area contributed by atoms with Crippen LogP contribution in [0.5, 0.6) is 0 Å². The number of anilines is 2. The lowest BCUT2D eigenvalue weighted by atomic mass is 10.1. The average molecular weight is 470 g/mol. The van der Waals surface area contributed by atoms with Crippen molar-refractivity contribution in [2.45, 2.75) is 19.5 Å². The molecule has 0 saturated heterocycles. The average Bonchev–Trinajstić information content (AvgIpc) is 3.31. The van der Waals surface area contributed by atoms with Crippen molar-refractivity contribution in [2.24, 2.45) is 0 Å². The molecule has 3 N–H and O–H groups in total. The van der Waals surface area contributed by atoms with E-state index in [0.717, 1.165) is 23.5 Å². The topological polar surface area (TPSA) is 96.3 Å². The van der Waals surface area contributed by atoms with Gasteiger partial charge in [-0.25, -0.2) is 9.37 Å². The van der Waals surface area contributed by atoms with E-state index in [1.807, 2.05) is 0 Å². The minimum atomic E-state index is -4.80. The predicted octanol–water partition coefficient (Wildman–Crippen LogP) is 4.45. The maximum Gasteiger partial charge on any atom is 0.419 e. The molecular formula is C20H18F4N4O3S. The number of hydrogen-bond acceptors (Lipinski definition) is 6. The molecule has 0 unspecified atom stereocenters. The monoisotopic (exact) mass is 470 g/mol. The van der Waals surface area contributed by atoms with Crippen LogP contribution < -0.4 is 16.0 Å². The molecule has 1 aromatic carbocycles. The van der Waals surface area contributed by atoms with Gasteiger partial charge in [0.05, 0.1) is 17.7 Å². The summed E-state index contributed by atoms with van der Waals surface area (Å²) in [6, 6.07) is 2.49. The van der Waals surface area contributed by atoms with Crippen LogP contribution in [0.2, 0.25) is 0 Å². The summed E-state index contributed by atoms with van der Waals surface area (Å²) in [6.07, 6.45) is -4.97. The van der Waals surface area contributed by atoms with Gasteiger partial charge in [-0.2, -0.15) is 13.2 Å². The highest BCUT2D eigenvalue weighted by Gasteiger charge is 2.34. The van der Waals surface area contributed by atoms with E-state index in [1.54, 1.807) is 14.0 Å². The third kappa shape index (κ3) is 4.74. The number of halogens is 4. The van der Waals surface area contributed by atoms with Gasteiger partial charge >= 0.3 is 6.18 Å². The zero-order valence-electron chi connectivity index (χ0n) is 17.1. The minimum absolute atomic E-state index is 0.137. The van der Waals surface area contributed by atoms with Crippen LogP contribution in [0.1, 0.15) is 27.2 Å². The van der Waals surface area contributed by atoms with E-state index in [1.165, 1.54) is 12.4 Å². The molecule has 0 aliphatic carbocycles. The quantitative estimate of drug-likeness (QED) is 0.463. The van der Waals surface area contributed by atoms with Gasteiger partial charge in [0.25, 0.3) is 5.91 Å². The number of thiazole rings is 1. The maximum absolute atomic E-state index is 13.8. The number of rotatable bonds is 6. The molecule has 12 heteroatoms. The van der Waals surface area contributed by atoms with E-state index in [9.17, 15) is 27.2 Å². The fraction of sp³-hybridized carbons (Fsp3) is 0.250. The Bertz CT molecular complexity index is 1170. The molecule has 0 atom stereocenters. The number of carbonyl (C=O) groups is 2. The number of nitrogens with zero attached hydrogens (tertiary/aromatic N) is 1. The van der Waals surface area contributed by atoms with E-state index in [2.05, 4.69) is 20.9 Å². The Labute approximate surface area is 183 Å². The SMILES string of the molecule is CNC(=O)c1c(NC)oc(C)c1CC(=O)Nc1nc(-c2ccc(C(F)(F)F)c(F)c2)cs1. The molecule has 0 aliphatic rings. The smallest absolute Gasteiger partial charge is 0.419 e. The van der Waals surface area contributed by atoms with Gasteiger partial charge in [-0.15, -0.1) is 11.3 Å². The molecule has 3 rings (SSSR count). The van der Waals surface area contributed by atoms with Crippen molar-refractivity contribution >= 4 is 34.2 Å². The van der Waals surface area contributed by atoms with Gasteiger partial charge in [0.1, 0.15) is 17.1 Å². The molecule has 2 amide bonds. The Kier molecular flexibility index (Phi) is 6.53. The van der Waals surface area contributed by atoms with Crippen molar-refractivity contribution in [3.8, 4) is 11.3 Å². The van der Waals surface area contributed by atoms with Crippen LogP contribution >= 0.6 is 11.3 Å². The van der Waals surface area contributed by atoms with E-state index >= 15 is 0 Å². The summed E-state index contributed by atoms with van der Waals surface area (Å²) in [5, 5.41) is 9.47. The van der Waals surface area contributed by atoms with Crippen molar-refractivity contribution in [3.63, 3.8) is 0 Å². The highest BCUT2D eigenvalue weighted by molar-refractivity contribution is 7.14. The van der Waals surface area contributed by atoms with Gasteiger partial charge in [-0.1, -0.05) is 6.07 Å². The molecule has 2 heterocycles. The highest BCUT2D eigenvalue weighted by Crippen LogP contribution is 2.34. The van der Waals surface area contributed by atoms with Crippen molar-refractivity contribution < 1.29 is 31.6 Å². The Morgan fingerprint density at radius 3 is 2.53 bits per heavy atom. The third-order valence-corrected chi connectivity index (χ3v) is 5.31. The Balaban J connectivity index is 1.77. The van der Waals surface area contributed by atoms with Gasteiger partial charge in [-0.3, -0.25) is 9.59 Å². The van der Waals surface area contributed by atoms with Crippen molar-refractivity contribution in [1.82, 2.24) is 10.3 Å². The second kappa shape index (κ2) is 8.99. The molecule has 3 aromatic rings. The number of hydrogen-bond donors (Lipinski definition) is 3. The fourth-order valence-electron chi connectivity index (χ4n) is 3.02. The molecule has 0 spiro atoms. The Morgan fingerprint density at radius 2 is 1.94 bits per heavy atom. The number of nitrogens with one attached hydrogen (secondary N) is 3. The van der Waals surface area contributed by atoms with Crippen LogP contribution in [0.3, 0.4) is 0 Å². The molecular weight excluding hydrogens is 452 g/mol. The summed E-state index contributed by atoms with van der Waals surface area (Å²) >= 11 is 1.02. The number of benzene rings is 1. The van der Waals surface area contributed by atoms with Crippen LogP contribution in [0.25, 0.3) is 11.3 Å². The van der Waals surface area contributed by atoms with Gasteiger partial charge in [0.15, 0.2) is 5.13 Å². The summed E-state index contributed by atoms with van der Waals surface area (Å²) < 4.78 is 57.5. The lowest BCUT2D eigenvalue weighted by Gasteiger charge is -2.08. The Morgan fingerprint density at radius 1 is 1.22 bits per heavy atom. The van der Waals surface area contributed by atoms with E-state index < -0.39 is 29.4 Å². The first-order valence-electron chi connectivity index (χ1n) is 9.19. The second-order valence-corrected chi connectivity index (χ2v) is 7.48. The van der Waals surface area contributed by atoms with E-state index in [-0.39, 0.29) is 34.3 Å². The van der Waals surface area contributed by atoms with Crippen LogP contribution in [-0.4, -0.2) is 30.9 Å². The van der Waals surface area contributed by atoms with E-state index in [4.69, 9.17) is 4.42 Å². The first-order valence-corrected chi connectivity index (χ1v) is 10.1. The zero-order valence-corrected chi connectivity index (χ0v) is 17.9. The van der Waals surface area contributed by atoms with Crippen molar-refractivity contribution in [1.29, 1.82) is 0 Å². The van der Waals surface area contributed by atoms with Gasteiger partial charge in [-0.05, 0) is 19.1 Å². The summed E-state index contributed by atoms with van der Waals surface area (Å²) in [6.45, 7) is 1.62. The molecule has 0 saturated carbocycles. The molecule has 0 fully saturated rings. The molecule has 32 heavy (non-hydrogen) atoms. The molecule has 2 aromatic heterocycles. The number of furan rings is 1. The van der Waals surface area contributed by atoms with Crippen LogP contribution in [0, 0.1) is 12.7 Å². The number of carbonyl (C=O) groups excluding carboxylic acids is 2. The summed E-state index contributed by atoms with van der Waals surface area (Å²) in [5.41, 5.74) is -0.414. The first kappa shape index (κ1) is 23.3. The van der Waals surface area contributed by atoms with Crippen molar-refractivity contribution in [3.05, 3.63) is 51.8 Å². The third-order valence-electron chi connectivity index (χ3n) is 4.55. The van der Waals surface area contributed by atoms with Gasteiger partial charge in [0.2, 0.25) is 11.8 Å². The fourth-order valence-corrected chi connectivity index (χ4v) is 3.76. The lowest BCUT2D eigenvalue weighted by Crippen LogP contribution is -2.22. The first-order chi connectivity index (χ1) is 15.0. The Hall–Kier alpha value is -3.41. The van der Waals surface area contributed by atoms with Gasteiger partial charge in [0, 0.05) is 30.6 Å². The molecule has 7 nitrogen and oxygen atoms in total. The molecule has 0 bridgehead atoms. The molecule has 0 aliphatic heterocycles. The van der Waals surface area contributed by atoms with Crippen LogP contribution in [0.15, 0.2) is 28.0 Å². The van der Waals surface area contributed by atoms with Gasteiger partial charge < -0.3 is 20.4 Å². The summed E-state index contributed by atoms with van der Waals surface area (Å²) in [7, 11) is 3.03. The minimum Gasteiger partial charge on any atom is -0.445 e. The molecule has 170 valence electrons. The summed E-state index contributed by atoms with van der Waals surface area (Å²) in [5.74, 6) is -1.70. The normalized spacial score (nSPS) is 11.3. The maximum atomic E-state index is 13.8. The zero-order chi connectivity index (χ0) is 23.6. The number of aryl methyl sites for hydroxylation is 1. The van der Waals surface area contributed by atoms with Crippen LogP contribution in [-0.2, 0) is 17.4 Å². The number of amides is 2. The van der Waals surface area contributed by atoms with Crippen LogP contribution in [0.4, 0.5) is 28.6 Å². The second-order valence-electron chi connectivity index (χ2n) is 6.63. The lowest BCUT2D eigenvalue weighted by molar-refractivity contribution is -0.140. The van der Waals surface area contributed by atoms with Crippen molar-refractivity contribution in [2.75, 3.05) is 24.7 Å². The molecule has 0 radical (unpaired) electrons. The standard InChI is InChI=1S/C20H18F4N4O3S/c1-9-11(16(17(30)25-2)18(26-3)31-9)7-15(29)28-19-27-14(8-32-19)10-4-5-12(13(21)6-10)20(22,23)24/h4-6,8,26H,7H2,1-3H3,(H,25,30)(H,27,28,29).